The van der Waals surface area contributed by atoms with Gasteiger partial charge in [0.15, 0.2) is 5.82 Å². The molecule has 1 aliphatic carbocycles. The fourth-order valence-electron chi connectivity index (χ4n) is 7.72. The summed E-state index contributed by atoms with van der Waals surface area (Å²) in [4.78, 5) is 28.3. The predicted molar refractivity (Wildman–Crippen MR) is 238 cm³/mol. The Morgan fingerprint density at radius 1 is 0.932 bits per heavy atom. The number of sulfonamides is 1. The molecule has 1 aromatic heterocycles. The zero-order valence-corrected chi connectivity index (χ0v) is 35.5. The summed E-state index contributed by atoms with van der Waals surface area (Å²) in [6, 6.07) is 28.0. The zero-order valence-electron chi connectivity index (χ0n) is 33.8. The number of piperazine rings is 1. The van der Waals surface area contributed by atoms with Gasteiger partial charge in [0, 0.05) is 66.6 Å². The zero-order chi connectivity index (χ0) is 41.4. The summed E-state index contributed by atoms with van der Waals surface area (Å²) in [6.07, 6.45) is 6.74. The highest BCUT2D eigenvalue weighted by Gasteiger charge is 2.26. The second-order valence-corrected chi connectivity index (χ2v) is 18.1. The van der Waals surface area contributed by atoms with E-state index in [1.807, 2.05) is 74.8 Å². The third-order valence-corrected chi connectivity index (χ3v) is 13.5. The van der Waals surface area contributed by atoms with Crippen molar-refractivity contribution in [2.24, 2.45) is 0 Å². The van der Waals surface area contributed by atoms with E-state index >= 15 is 0 Å². The first-order valence-corrected chi connectivity index (χ1v) is 22.5. The van der Waals surface area contributed by atoms with E-state index in [2.05, 4.69) is 46.8 Å². The Kier molecular flexibility index (Phi) is 13.7. The summed E-state index contributed by atoms with van der Waals surface area (Å²) in [5, 5.41) is 16.2. The van der Waals surface area contributed by atoms with Crippen molar-refractivity contribution in [2.75, 3.05) is 81.2 Å². The van der Waals surface area contributed by atoms with Crippen LogP contribution in [0.25, 0.3) is 16.5 Å². The molecule has 4 aromatic carbocycles. The van der Waals surface area contributed by atoms with Crippen LogP contribution in [-0.2, 0) is 10.0 Å². The molecule has 0 saturated carbocycles. The van der Waals surface area contributed by atoms with E-state index in [9.17, 15) is 18.5 Å². The van der Waals surface area contributed by atoms with Crippen molar-refractivity contribution >= 4 is 61.1 Å². The number of hydrogen-bond acceptors (Lipinski definition) is 12. The summed E-state index contributed by atoms with van der Waals surface area (Å²) < 4.78 is 35.5. The van der Waals surface area contributed by atoms with Gasteiger partial charge >= 0.3 is 0 Å². The van der Waals surface area contributed by atoms with Crippen LogP contribution in [0.1, 0.15) is 37.7 Å². The van der Waals surface area contributed by atoms with Crippen molar-refractivity contribution in [3.8, 4) is 5.75 Å². The Morgan fingerprint density at radius 3 is 2.42 bits per heavy atom. The number of methoxy groups -OCH3 is 1. The molecule has 0 radical (unpaired) electrons. The molecule has 0 spiro atoms. The third kappa shape index (κ3) is 10.7. The van der Waals surface area contributed by atoms with Crippen LogP contribution in [0.4, 0.5) is 22.9 Å². The molecular formula is C44H52N8O5S2. The van der Waals surface area contributed by atoms with Gasteiger partial charge < -0.3 is 19.9 Å². The topological polar surface area (TPSA) is 146 Å². The van der Waals surface area contributed by atoms with E-state index in [1.54, 1.807) is 18.9 Å². The number of benzene rings is 4. The minimum Gasteiger partial charge on any atom is -0.497 e. The van der Waals surface area contributed by atoms with E-state index in [4.69, 9.17) is 4.74 Å². The number of nitrogens with one attached hydrogen (secondary N) is 2. The van der Waals surface area contributed by atoms with Gasteiger partial charge in [0.05, 0.1) is 22.4 Å². The molecule has 2 aliphatic rings. The standard InChI is InChI=1S/C44H52N8O5S2/c1-49(2)22-21-34(30-58-37-10-5-4-6-11-37)47-41-20-18-38(28-43(41)52(53)54)59(55,56)48-44-40-19-15-35(27-42(40)45-31-46-44)51-25-23-50(24-26-51)29-33-9-7-8-12-39(33)32-13-16-36(57-3)17-14-32/h4-6,10-11,13-20,27-28,31,34,47H,7-9,12,21-26,29-30H2,1-3H3,(H,45,46,48)/t34-/m1/s1. The molecule has 0 bridgehead atoms. The summed E-state index contributed by atoms with van der Waals surface area (Å²) in [5.41, 5.74) is 5.84. The molecule has 59 heavy (non-hydrogen) atoms. The second kappa shape index (κ2) is 19.2. The number of thioether (sulfide) groups is 1. The number of nitro groups is 1. The van der Waals surface area contributed by atoms with Gasteiger partial charge in [-0.3, -0.25) is 19.7 Å². The van der Waals surface area contributed by atoms with E-state index < -0.39 is 14.9 Å². The van der Waals surface area contributed by atoms with Gasteiger partial charge in [0.25, 0.3) is 15.7 Å². The van der Waals surface area contributed by atoms with Crippen LogP contribution < -0.4 is 19.7 Å². The molecule has 0 amide bonds. The summed E-state index contributed by atoms with van der Waals surface area (Å²) >= 11 is 1.66. The number of rotatable bonds is 17. The SMILES string of the molecule is COc1ccc(C2=C(CN3CCN(c4ccc5c(NS(=O)(=O)c6ccc(N[C@H](CCN(C)C)CSc7ccccc7)c([N+](=O)[O-])c6)ncnc5c4)CC3)CCCC2)cc1. The molecule has 1 aliphatic heterocycles. The number of nitro benzene ring substituents is 1. The fourth-order valence-corrected chi connectivity index (χ4v) is 9.77. The minimum absolute atomic E-state index is 0.103. The molecule has 2 heterocycles. The predicted octanol–water partition coefficient (Wildman–Crippen LogP) is 8.02. The fraction of sp³-hybridized carbons (Fsp3) is 0.364. The number of anilines is 3. The van der Waals surface area contributed by atoms with Gasteiger partial charge in [-0.15, -0.1) is 11.8 Å². The molecule has 15 heteroatoms. The average Bonchev–Trinajstić information content (AvgIpc) is 3.25. The molecule has 2 N–H and O–H groups in total. The van der Waals surface area contributed by atoms with E-state index in [-0.39, 0.29) is 28.1 Å². The lowest BCUT2D eigenvalue weighted by molar-refractivity contribution is -0.384. The molecule has 0 unspecified atom stereocenters. The average molecular weight is 837 g/mol. The smallest absolute Gasteiger partial charge is 0.293 e. The first kappa shape index (κ1) is 41.9. The molecule has 1 atom stereocenters. The number of fused-ring (bicyclic) bond motifs is 1. The largest absolute Gasteiger partial charge is 0.497 e. The molecule has 1 fully saturated rings. The number of hydrogen-bond donors (Lipinski definition) is 2. The maximum Gasteiger partial charge on any atom is 0.293 e. The van der Waals surface area contributed by atoms with Crippen LogP contribution in [0.3, 0.4) is 0 Å². The Balaban J connectivity index is 1.02. The van der Waals surface area contributed by atoms with Crippen LogP contribution in [0.2, 0.25) is 0 Å². The van der Waals surface area contributed by atoms with Crippen molar-refractivity contribution in [1.29, 1.82) is 0 Å². The maximum atomic E-state index is 13.8. The van der Waals surface area contributed by atoms with Gasteiger partial charge in [-0.05, 0) is 118 Å². The monoisotopic (exact) mass is 836 g/mol. The second-order valence-electron chi connectivity index (χ2n) is 15.3. The normalized spacial score (nSPS) is 15.7. The van der Waals surface area contributed by atoms with Gasteiger partial charge in [-0.1, -0.05) is 35.9 Å². The molecular weight excluding hydrogens is 785 g/mol. The van der Waals surface area contributed by atoms with Crippen LogP contribution in [0.5, 0.6) is 5.75 Å². The van der Waals surface area contributed by atoms with Crippen LogP contribution >= 0.6 is 11.8 Å². The Bertz CT molecular complexity index is 2370. The van der Waals surface area contributed by atoms with E-state index in [0.29, 0.717) is 16.7 Å². The molecule has 5 aromatic rings. The summed E-state index contributed by atoms with van der Waals surface area (Å²) in [7, 11) is 1.40. The number of ether oxygens (including phenoxy) is 1. The Morgan fingerprint density at radius 2 is 1.69 bits per heavy atom. The maximum absolute atomic E-state index is 13.8. The number of allylic oxidation sites excluding steroid dienone is 1. The first-order chi connectivity index (χ1) is 28.6. The molecule has 310 valence electrons. The highest BCUT2D eigenvalue weighted by Crippen LogP contribution is 2.35. The Labute approximate surface area is 351 Å². The van der Waals surface area contributed by atoms with Gasteiger partial charge in [0.2, 0.25) is 0 Å². The van der Waals surface area contributed by atoms with Gasteiger partial charge in [0.1, 0.15) is 17.8 Å². The lowest BCUT2D eigenvalue weighted by Gasteiger charge is -2.37. The number of aromatic nitrogens is 2. The molecule has 13 nitrogen and oxygen atoms in total. The van der Waals surface area contributed by atoms with Crippen molar-refractivity contribution < 1.29 is 18.1 Å². The lowest BCUT2D eigenvalue weighted by Crippen LogP contribution is -2.47. The van der Waals surface area contributed by atoms with Crippen molar-refractivity contribution in [1.82, 2.24) is 19.8 Å². The highest BCUT2D eigenvalue weighted by atomic mass is 32.2. The van der Waals surface area contributed by atoms with Crippen LogP contribution in [0.15, 0.2) is 113 Å². The first-order valence-electron chi connectivity index (χ1n) is 20.0. The minimum atomic E-state index is -4.26. The van der Waals surface area contributed by atoms with Gasteiger partial charge in [-0.2, -0.15) is 0 Å². The van der Waals surface area contributed by atoms with E-state index in [0.717, 1.165) is 80.9 Å². The third-order valence-electron chi connectivity index (χ3n) is 11.0. The van der Waals surface area contributed by atoms with Crippen molar-refractivity contribution in [2.45, 2.75) is 47.9 Å². The van der Waals surface area contributed by atoms with Crippen molar-refractivity contribution in [3.05, 3.63) is 119 Å². The molecule has 7 rings (SSSR count). The lowest BCUT2D eigenvalue weighted by atomic mass is 9.87. The number of nitrogens with zero attached hydrogens (tertiary/aromatic N) is 6. The summed E-state index contributed by atoms with van der Waals surface area (Å²) in [5.74, 6) is 1.64. The van der Waals surface area contributed by atoms with Gasteiger partial charge in [-0.25, -0.2) is 18.4 Å². The van der Waals surface area contributed by atoms with Crippen LogP contribution in [0, 0.1) is 10.1 Å². The van der Waals surface area contributed by atoms with E-state index in [1.165, 1.54) is 48.0 Å². The highest BCUT2D eigenvalue weighted by molar-refractivity contribution is 7.99. The Hall–Kier alpha value is -5.22. The van der Waals surface area contributed by atoms with Crippen LogP contribution in [-0.4, -0.2) is 105 Å². The van der Waals surface area contributed by atoms with Crippen molar-refractivity contribution in [3.63, 3.8) is 0 Å². The molecule has 1 saturated heterocycles. The summed E-state index contributed by atoms with van der Waals surface area (Å²) in [6.45, 7) is 5.30. The quantitative estimate of drug-likeness (QED) is 0.0532.